The van der Waals surface area contributed by atoms with Crippen molar-refractivity contribution < 1.29 is 4.79 Å². The predicted octanol–water partition coefficient (Wildman–Crippen LogP) is 1.89. The third-order valence-corrected chi connectivity index (χ3v) is 1.23. The van der Waals surface area contributed by atoms with Gasteiger partial charge in [0.1, 0.15) is 0 Å². The van der Waals surface area contributed by atoms with Crippen LogP contribution in [-0.2, 0) is 4.79 Å². The van der Waals surface area contributed by atoms with E-state index in [9.17, 15) is 4.79 Å². The van der Waals surface area contributed by atoms with Crippen LogP contribution in [0, 0.1) is 6.92 Å². The largest absolute Gasteiger partial charge is 0.325 e. The van der Waals surface area contributed by atoms with E-state index in [4.69, 9.17) is 0 Å². The minimum atomic E-state index is -0.0735. The number of hydrogen-bond donors (Lipinski definition) is 2. The lowest BCUT2D eigenvalue weighted by molar-refractivity contribution is -0.114. The van der Waals surface area contributed by atoms with Gasteiger partial charge in [-0.3, -0.25) is 9.78 Å². The van der Waals surface area contributed by atoms with Crippen molar-refractivity contribution in [3.63, 3.8) is 0 Å². The second-order valence-electron chi connectivity index (χ2n) is 2.37. The minimum absolute atomic E-state index is 0.0735. The van der Waals surface area contributed by atoms with Crippen molar-refractivity contribution in [1.29, 1.82) is 0 Å². The maximum Gasteiger partial charge on any atom is 0.221 e. The van der Waals surface area contributed by atoms with E-state index in [-0.39, 0.29) is 5.91 Å². The van der Waals surface area contributed by atoms with Crippen LogP contribution >= 0.6 is 12.6 Å². The van der Waals surface area contributed by atoms with Gasteiger partial charge in [0.05, 0.1) is 11.9 Å². The van der Waals surface area contributed by atoms with Crippen LogP contribution in [0.1, 0.15) is 12.6 Å². The number of carbonyl (C=O) groups excluding carboxylic acids is 1. The highest BCUT2D eigenvalue weighted by Gasteiger charge is 1.93. The SMILES string of the molecule is CC(=O)Nc1ccc(C)nc1.CS. The van der Waals surface area contributed by atoms with Gasteiger partial charge in [-0.25, -0.2) is 0 Å². The first kappa shape index (κ1) is 12.0. The number of amides is 1. The predicted molar refractivity (Wildman–Crippen MR) is 58.2 cm³/mol. The molecule has 0 aliphatic carbocycles. The van der Waals surface area contributed by atoms with Gasteiger partial charge in [0.15, 0.2) is 0 Å². The highest BCUT2D eigenvalue weighted by Crippen LogP contribution is 2.04. The Bertz CT molecular complexity index is 259. The Hall–Kier alpha value is -1.03. The molecule has 1 amide bonds. The van der Waals surface area contributed by atoms with Gasteiger partial charge >= 0.3 is 0 Å². The Morgan fingerprint density at radius 2 is 2.08 bits per heavy atom. The molecule has 0 unspecified atom stereocenters. The van der Waals surface area contributed by atoms with Crippen molar-refractivity contribution >= 4 is 24.2 Å². The van der Waals surface area contributed by atoms with Gasteiger partial charge in [-0.15, -0.1) is 0 Å². The molecule has 1 aromatic heterocycles. The zero-order valence-electron chi connectivity index (χ0n) is 8.03. The Labute approximate surface area is 84.0 Å². The number of hydrogen-bond acceptors (Lipinski definition) is 3. The van der Waals surface area contributed by atoms with Gasteiger partial charge in [-0.1, -0.05) is 0 Å². The minimum Gasteiger partial charge on any atom is -0.325 e. The fourth-order valence-electron chi connectivity index (χ4n) is 0.745. The molecule has 1 N–H and O–H groups in total. The molecule has 13 heavy (non-hydrogen) atoms. The number of nitrogens with zero attached hydrogens (tertiary/aromatic N) is 1. The fourth-order valence-corrected chi connectivity index (χ4v) is 0.745. The Balaban J connectivity index is 0.000000671. The second kappa shape index (κ2) is 6.48. The van der Waals surface area contributed by atoms with Gasteiger partial charge in [0, 0.05) is 12.6 Å². The van der Waals surface area contributed by atoms with E-state index in [0.717, 1.165) is 11.4 Å². The van der Waals surface area contributed by atoms with Gasteiger partial charge in [-0.2, -0.15) is 12.6 Å². The summed E-state index contributed by atoms with van der Waals surface area (Å²) < 4.78 is 0. The topological polar surface area (TPSA) is 42.0 Å². The number of carbonyl (C=O) groups is 1. The van der Waals surface area contributed by atoms with Crippen LogP contribution in [0.2, 0.25) is 0 Å². The maximum absolute atomic E-state index is 10.6. The van der Waals surface area contributed by atoms with Crippen LogP contribution < -0.4 is 5.32 Å². The average Bonchev–Trinajstić information content (AvgIpc) is 2.12. The summed E-state index contributed by atoms with van der Waals surface area (Å²) in [5.41, 5.74) is 1.68. The molecule has 4 heteroatoms. The molecule has 1 aromatic rings. The van der Waals surface area contributed by atoms with Crippen molar-refractivity contribution in [2.24, 2.45) is 0 Å². The summed E-state index contributed by atoms with van der Waals surface area (Å²) in [6.07, 6.45) is 3.33. The van der Waals surface area contributed by atoms with Crippen LogP contribution in [-0.4, -0.2) is 17.1 Å². The van der Waals surface area contributed by atoms with Crippen molar-refractivity contribution in [2.75, 3.05) is 11.6 Å². The summed E-state index contributed by atoms with van der Waals surface area (Å²) in [4.78, 5) is 14.6. The van der Waals surface area contributed by atoms with E-state index in [1.54, 1.807) is 12.5 Å². The summed E-state index contributed by atoms with van der Waals surface area (Å²) in [6.45, 7) is 3.37. The first-order chi connectivity index (χ1) is 6.18. The van der Waals surface area contributed by atoms with Crippen LogP contribution in [0.25, 0.3) is 0 Å². The Morgan fingerprint density at radius 1 is 1.46 bits per heavy atom. The molecule has 0 saturated heterocycles. The molecule has 3 nitrogen and oxygen atoms in total. The van der Waals surface area contributed by atoms with Crippen molar-refractivity contribution in [3.05, 3.63) is 24.0 Å². The average molecular weight is 198 g/mol. The molecule has 1 rings (SSSR count). The molecule has 0 bridgehead atoms. The molecule has 0 spiro atoms. The van der Waals surface area contributed by atoms with Crippen molar-refractivity contribution in [3.8, 4) is 0 Å². The molecule has 72 valence electrons. The second-order valence-corrected chi connectivity index (χ2v) is 2.37. The van der Waals surface area contributed by atoms with E-state index >= 15 is 0 Å². The lowest BCUT2D eigenvalue weighted by Gasteiger charge is -1.99. The molecule has 1 heterocycles. The highest BCUT2D eigenvalue weighted by molar-refractivity contribution is 7.79. The van der Waals surface area contributed by atoms with Gasteiger partial charge in [0.2, 0.25) is 5.91 Å². The van der Waals surface area contributed by atoms with Crippen molar-refractivity contribution in [2.45, 2.75) is 13.8 Å². The zero-order chi connectivity index (χ0) is 10.3. The number of thiol groups is 1. The van der Waals surface area contributed by atoms with E-state index < -0.39 is 0 Å². The smallest absolute Gasteiger partial charge is 0.221 e. The van der Waals surface area contributed by atoms with Gasteiger partial charge < -0.3 is 5.32 Å². The van der Waals surface area contributed by atoms with Crippen molar-refractivity contribution in [1.82, 2.24) is 4.98 Å². The zero-order valence-corrected chi connectivity index (χ0v) is 8.93. The summed E-state index contributed by atoms with van der Waals surface area (Å²) in [5.74, 6) is -0.0735. The Morgan fingerprint density at radius 3 is 2.46 bits per heavy atom. The summed E-state index contributed by atoms with van der Waals surface area (Å²) in [7, 11) is 0. The number of anilines is 1. The molecular formula is C9H14N2OS. The maximum atomic E-state index is 10.6. The van der Waals surface area contributed by atoms with E-state index in [1.165, 1.54) is 6.92 Å². The quantitative estimate of drug-likeness (QED) is 0.677. The number of rotatable bonds is 1. The van der Waals surface area contributed by atoms with E-state index in [2.05, 4.69) is 22.9 Å². The normalized spacial score (nSPS) is 8.31. The molecule has 0 fully saturated rings. The molecule has 0 atom stereocenters. The lowest BCUT2D eigenvalue weighted by Crippen LogP contribution is -2.05. The Kier molecular flexibility index (Phi) is 5.97. The summed E-state index contributed by atoms with van der Waals surface area (Å²) in [5, 5.41) is 2.63. The van der Waals surface area contributed by atoms with E-state index in [1.807, 2.05) is 19.1 Å². The lowest BCUT2D eigenvalue weighted by atomic mass is 10.3. The standard InChI is InChI=1S/C8H10N2O.CH4S/c1-6-3-4-8(5-9-6)10-7(2)11;1-2/h3-5H,1-2H3,(H,10,11);2H,1H3. The number of pyridine rings is 1. The molecule has 0 radical (unpaired) electrons. The molecule has 0 saturated carbocycles. The summed E-state index contributed by atoms with van der Waals surface area (Å²) >= 11 is 3.53. The first-order valence-corrected chi connectivity index (χ1v) is 4.73. The molecule has 0 aromatic carbocycles. The number of nitrogens with one attached hydrogen (secondary N) is 1. The van der Waals surface area contributed by atoms with Crippen LogP contribution in [0.5, 0.6) is 0 Å². The number of aryl methyl sites for hydroxylation is 1. The van der Waals surface area contributed by atoms with Gasteiger partial charge in [0.25, 0.3) is 0 Å². The molecule has 0 aliphatic rings. The highest BCUT2D eigenvalue weighted by atomic mass is 32.1. The third kappa shape index (κ3) is 5.25. The monoisotopic (exact) mass is 198 g/mol. The molecular weight excluding hydrogens is 184 g/mol. The number of aromatic nitrogens is 1. The molecule has 0 aliphatic heterocycles. The third-order valence-electron chi connectivity index (χ3n) is 1.23. The van der Waals surface area contributed by atoms with Gasteiger partial charge in [-0.05, 0) is 25.3 Å². The van der Waals surface area contributed by atoms with Crippen LogP contribution in [0.15, 0.2) is 18.3 Å². The van der Waals surface area contributed by atoms with E-state index in [0.29, 0.717) is 0 Å². The summed E-state index contributed by atoms with van der Waals surface area (Å²) in [6, 6.07) is 3.68. The van der Waals surface area contributed by atoms with Crippen LogP contribution in [0.4, 0.5) is 5.69 Å². The fraction of sp³-hybridized carbons (Fsp3) is 0.333. The van der Waals surface area contributed by atoms with Crippen LogP contribution in [0.3, 0.4) is 0 Å². The first-order valence-electron chi connectivity index (χ1n) is 3.83.